The van der Waals surface area contributed by atoms with Gasteiger partial charge in [-0.15, -0.1) is 0 Å². The summed E-state index contributed by atoms with van der Waals surface area (Å²) < 4.78 is 36.6. The molecule has 0 unspecified atom stereocenters. The molecule has 1 heterocycles. The number of halogens is 3. The van der Waals surface area contributed by atoms with Gasteiger partial charge in [-0.3, -0.25) is 4.90 Å². The molecule has 0 aliphatic carbocycles. The minimum Gasteiger partial charge on any atom is -0.370 e. The number of hydrogen-bond acceptors (Lipinski definition) is 2. The minimum absolute atomic E-state index is 0.0683. The van der Waals surface area contributed by atoms with Crippen molar-refractivity contribution in [2.75, 3.05) is 26.2 Å². The first-order valence-corrected chi connectivity index (χ1v) is 5.76. The van der Waals surface area contributed by atoms with Crippen LogP contribution in [0.4, 0.5) is 13.2 Å². The quantitative estimate of drug-likeness (QED) is 0.454. The molecule has 4 nitrogen and oxygen atoms in total. The summed E-state index contributed by atoms with van der Waals surface area (Å²) in [6.07, 6.45) is -3.51. The lowest BCUT2D eigenvalue weighted by Crippen LogP contribution is -2.42. The van der Waals surface area contributed by atoms with Crippen LogP contribution in [0, 0.1) is 0 Å². The van der Waals surface area contributed by atoms with E-state index in [-0.39, 0.29) is 12.0 Å². The number of guanidine groups is 1. The highest BCUT2D eigenvalue weighted by Gasteiger charge is 2.34. The van der Waals surface area contributed by atoms with Crippen molar-refractivity contribution in [3.05, 3.63) is 12.2 Å². The molecule has 0 spiro atoms. The molecule has 0 aromatic rings. The van der Waals surface area contributed by atoms with Crippen LogP contribution >= 0.6 is 0 Å². The van der Waals surface area contributed by atoms with E-state index in [1.165, 1.54) is 4.90 Å². The second-order valence-corrected chi connectivity index (χ2v) is 4.64. The van der Waals surface area contributed by atoms with Crippen LogP contribution in [-0.4, -0.2) is 49.3 Å². The van der Waals surface area contributed by atoms with Crippen molar-refractivity contribution < 1.29 is 13.2 Å². The molecule has 0 bridgehead atoms. The van der Waals surface area contributed by atoms with Gasteiger partial charge in [-0.2, -0.15) is 13.2 Å². The van der Waals surface area contributed by atoms with Gasteiger partial charge in [-0.05, 0) is 13.3 Å². The van der Waals surface area contributed by atoms with Crippen LogP contribution in [0.1, 0.15) is 13.3 Å². The molecule has 0 aromatic heterocycles. The Bertz CT molecular complexity index is 325. The average molecular weight is 264 g/mol. The van der Waals surface area contributed by atoms with Gasteiger partial charge in [0.2, 0.25) is 0 Å². The summed E-state index contributed by atoms with van der Waals surface area (Å²) in [4.78, 5) is 5.39. The monoisotopic (exact) mass is 264 g/mol. The predicted molar refractivity (Wildman–Crippen MR) is 65.3 cm³/mol. The number of likely N-dealkylation sites (tertiary alicyclic amines) is 1. The fraction of sp³-hybridized carbons (Fsp3) is 0.727. The summed E-state index contributed by atoms with van der Waals surface area (Å²) in [7, 11) is 0. The van der Waals surface area contributed by atoms with Gasteiger partial charge in [-0.1, -0.05) is 12.2 Å². The van der Waals surface area contributed by atoms with E-state index in [1.54, 1.807) is 0 Å². The fourth-order valence-electron chi connectivity index (χ4n) is 1.82. The van der Waals surface area contributed by atoms with Crippen molar-refractivity contribution in [1.29, 1.82) is 0 Å². The largest absolute Gasteiger partial charge is 0.401 e. The standard InChI is InChI=1S/C11H19F3N4/c1-8(2)5-16-10(15)17-9-3-4-18(6-9)7-11(12,13)14/h9H,1,3-7H2,2H3,(H3,15,16,17)/t9-/m1/s1. The summed E-state index contributed by atoms with van der Waals surface area (Å²) in [6.45, 7) is 5.84. The molecule has 1 saturated heterocycles. The molecular weight excluding hydrogens is 245 g/mol. The van der Waals surface area contributed by atoms with Crippen LogP contribution in [0.25, 0.3) is 0 Å². The van der Waals surface area contributed by atoms with E-state index in [0.29, 0.717) is 26.1 Å². The maximum atomic E-state index is 12.2. The Morgan fingerprint density at radius 3 is 2.78 bits per heavy atom. The van der Waals surface area contributed by atoms with E-state index >= 15 is 0 Å². The molecule has 1 fully saturated rings. The summed E-state index contributed by atoms with van der Waals surface area (Å²) in [5.74, 6) is 0.261. The Hall–Kier alpha value is -1.24. The lowest BCUT2D eigenvalue weighted by atomic mass is 10.3. The molecule has 0 aromatic carbocycles. The third-order valence-corrected chi connectivity index (χ3v) is 2.55. The normalized spacial score (nSPS) is 22.2. The molecule has 1 atom stereocenters. The predicted octanol–water partition coefficient (Wildman–Crippen LogP) is 1.10. The number of nitrogens with one attached hydrogen (secondary N) is 1. The van der Waals surface area contributed by atoms with E-state index < -0.39 is 12.7 Å². The third-order valence-electron chi connectivity index (χ3n) is 2.55. The lowest BCUT2D eigenvalue weighted by Gasteiger charge is -2.18. The lowest BCUT2D eigenvalue weighted by molar-refractivity contribution is -0.143. The van der Waals surface area contributed by atoms with Gasteiger partial charge in [-0.25, -0.2) is 4.99 Å². The van der Waals surface area contributed by atoms with Crippen LogP contribution in [0.5, 0.6) is 0 Å². The zero-order valence-corrected chi connectivity index (χ0v) is 10.4. The van der Waals surface area contributed by atoms with Crippen molar-refractivity contribution in [2.24, 2.45) is 10.7 Å². The van der Waals surface area contributed by atoms with Crippen molar-refractivity contribution in [1.82, 2.24) is 10.2 Å². The highest BCUT2D eigenvalue weighted by molar-refractivity contribution is 5.78. The highest BCUT2D eigenvalue weighted by Crippen LogP contribution is 2.19. The van der Waals surface area contributed by atoms with E-state index in [1.807, 2.05) is 6.92 Å². The Labute approximate surface area is 105 Å². The molecule has 0 radical (unpaired) electrons. The zero-order valence-electron chi connectivity index (χ0n) is 10.4. The van der Waals surface area contributed by atoms with E-state index in [4.69, 9.17) is 5.73 Å². The number of nitrogens with zero attached hydrogens (tertiary/aromatic N) is 2. The van der Waals surface area contributed by atoms with Crippen LogP contribution in [0.2, 0.25) is 0 Å². The molecule has 7 heteroatoms. The third kappa shape index (κ3) is 5.90. The summed E-state index contributed by atoms with van der Waals surface area (Å²) >= 11 is 0. The molecule has 1 rings (SSSR count). The minimum atomic E-state index is -4.14. The second kappa shape index (κ2) is 6.08. The number of aliphatic imine (C=N–C) groups is 1. The second-order valence-electron chi connectivity index (χ2n) is 4.64. The van der Waals surface area contributed by atoms with E-state index in [2.05, 4.69) is 16.9 Å². The topological polar surface area (TPSA) is 53.6 Å². The Kier molecular flexibility index (Phi) is 5.01. The van der Waals surface area contributed by atoms with E-state index in [9.17, 15) is 13.2 Å². The fourth-order valence-corrected chi connectivity index (χ4v) is 1.82. The molecule has 1 aliphatic rings. The SMILES string of the molecule is C=C(C)CN=C(N)N[C@@H]1CCN(CC(F)(F)F)C1. The molecule has 0 amide bonds. The summed E-state index contributed by atoms with van der Waals surface area (Å²) in [6, 6.07) is -0.0683. The summed E-state index contributed by atoms with van der Waals surface area (Å²) in [5.41, 5.74) is 6.51. The first kappa shape index (κ1) is 14.8. The van der Waals surface area contributed by atoms with Gasteiger partial charge in [0.25, 0.3) is 0 Å². The first-order chi connectivity index (χ1) is 8.26. The Balaban J connectivity index is 2.34. The average Bonchev–Trinajstić information content (AvgIpc) is 2.59. The first-order valence-electron chi connectivity index (χ1n) is 5.76. The van der Waals surface area contributed by atoms with Crippen LogP contribution in [0.15, 0.2) is 17.1 Å². The summed E-state index contributed by atoms with van der Waals surface area (Å²) in [5, 5.41) is 2.93. The molecule has 104 valence electrons. The molecular formula is C11H19F3N4. The van der Waals surface area contributed by atoms with Gasteiger partial charge >= 0.3 is 6.18 Å². The van der Waals surface area contributed by atoms with Gasteiger partial charge < -0.3 is 11.1 Å². The Morgan fingerprint density at radius 2 is 2.22 bits per heavy atom. The van der Waals surface area contributed by atoms with Gasteiger partial charge in [0, 0.05) is 19.1 Å². The van der Waals surface area contributed by atoms with Gasteiger partial charge in [0.1, 0.15) is 0 Å². The number of alkyl halides is 3. The number of nitrogens with two attached hydrogens (primary N) is 1. The Morgan fingerprint density at radius 1 is 1.56 bits per heavy atom. The molecule has 1 aliphatic heterocycles. The van der Waals surface area contributed by atoms with Crippen molar-refractivity contribution in [3.63, 3.8) is 0 Å². The van der Waals surface area contributed by atoms with Crippen LogP contribution in [-0.2, 0) is 0 Å². The molecule has 3 N–H and O–H groups in total. The van der Waals surface area contributed by atoms with Crippen LogP contribution < -0.4 is 11.1 Å². The maximum absolute atomic E-state index is 12.2. The zero-order chi connectivity index (χ0) is 13.8. The van der Waals surface area contributed by atoms with Crippen LogP contribution in [0.3, 0.4) is 0 Å². The van der Waals surface area contributed by atoms with Gasteiger partial charge in [0.05, 0.1) is 13.1 Å². The van der Waals surface area contributed by atoms with Gasteiger partial charge in [0.15, 0.2) is 5.96 Å². The molecule has 18 heavy (non-hydrogen) atoms. The molecule has 0 saturated carbocycles. The smallest absolute Gasteiger partial charge is 0.370 e. The van der Waals surface area contributed by atoms with Crippen molar-refractivity contribution in [2.45, 2.75) is 25.6 Å². The van der Waals surface area contributed by atoms with E-state index in [0.717, 1.165) is 5.57 Å². The van der Waals surface area contributed by atoms with Crippen molar-refractivity contribution in [3.8, 4) is 0 Å². The number of hydrogen-bond donors (Lipinski definition) is 2. The van der Waals surface area contributed by atoms with Crippen molar-refractivity contribution >= 4 is 5.96 Å². The highest BCUT2D eigenvalue weighted by atomic mass is 19.4. The maximum Gasteiger partial charge on any atom is 0.401 e. The number of rotatable bonds is 4.